The molecular weight excluding hydrogens is 338 g/mol. The van der Waals surface area contributed by atoms with Crippen LogP contribution in [0, 0.1) is 0 Å². The molecule has 0 aliphatic carbocycles. The molecule has 25 heavy (non-hydrogen) atoms. The lowest BCUT2D eigenvalue weighted by atomic mass is 10.3. The first kappa shape index (κ1) is 15.6. The van der Waals surface area contributed by atoms with Gasteiger partial charge in [0.2, 0.25) is 17.7 Å². The quantitative estimate of drug-likeness (QED) is 0.534. The van der Waals surface area contributed by atoms with Crippen LogP contribution in [0.2, 0.25) is 0 Å². The van der Waals surface area contributed by atoms with Gasteiger partial charge in [-0.25, -0.2) is 10.1 Å². The molecule has 0 aliphatic heterocycles. The summed E-state index contributed by atoms with van der Waals surface area (Å²) < 4.78 is 1.99. The van der Waals surface area contributed by atoms with E-state index in [1.807, 2.05) is 49.7 Å². The van der Waals surface area contributed by atoms with Gasteiger partial charge < -0.3 is 10.6 Å². The third-order valence-corrected chi connectivity index (χ3v) is 4.76. The minimum Gasteiger partial charge on any atom is -0.368 e. The number of nitrogens with two attached hydrogens (primary N) is 1. The monoisotopic (exact) mass is 355 g/mol. The summed E-state index contributed by atoms with van der Waals surface area (Å²) in [7, 11) is 3.73. The van der Waals surface area contributed by atoms with Crippen LogP contribution < -0.4 is 10.6 Å². The summed E-state index contributed by atoms with van der Waals surface area (Å²) in [5.74, 6) is 2.07. The Hall–Kier alpha value is -2.88. The number of para-hydroxylation sites is 2. The van der Waals surface area contributed by atoms with Gasteiger partial charge in [0.15, 0.2) is 5.16 Å². The Labute approximate surface area is 147 Å². The van der Waals surface area contributed by atoms with Gasteiger partial charge in [-0.15, -0.1) is 5.10 Å². The Balaban J connectivity index is 1.71. The minimum atomic E-state index is -0.0586. The van der Waals surface area contributed by atoms with Crippen molar-refractivity contribution >= 4 is 40.5 Å². The van der Waals surface area contributed by atoms with Crippen LogP contribution >= 0.6 is 11.8 Å². The highest BCUT2D eigenvalue weighted by Crippen LogP contribution is 2.34. The number of nitrogens with zero attached hydrogens (tertiary/aromatic N) is 7. The predicted octanol–water partition coefficient (Wildman–Crippen LogP) is 1.90. The van der Waals surface area contributed by atoms with Gasteiger partial charge in [-0.3, -0.25) is 4.40 Å². The molecule has 0 fully saturated rings. The lowest BCUT2D eigenvalue weighted by Gasteiger charge is -2.14. The fourth-order valence-electron chi connectivity index (χ4n) is 2.51. The van der Waals surface area contributed by atoms with E-state index in [2.05, 4.69) is 30.1 Å². The average Bonchev–Trinajstić information content (AvgIpc) is 3.14. The molecule has 0 saturated heterocycles. The molecule has 3 N–H and O–H groups in total. The molecule has 0 bridgehead atoms. The average molecular weight is 355 g/mol. The van der Waals surface area contributed by atoms with Gasteiger partial charge in [-0.2, -0.15) is 15.0 Å². The number of imidazole rings is 1. The maximum absolute atomic E-state index is 5.82. The van der Waals surface area contributed by atoms with Crippen LogP contribution in [-0.2, 0) is 0 Å². The highest BCUT2D eigenvalue weighted by Gasteiger charge is 2.19. The molecule has 9 nitrogen and oxygen atoms in total. The zero-order chi connectivity index (χ0) is 17.6. The number of nitrogen functional groups attached to an aromatic ring is 1. The lowest BCUT2D eigenvalue weighted by Crippen LogP contribution is -2.16. The smallest absolute Gasteiger partial charge is 0.231 e. The summed E-state index contributed by atoms with van der Waals surface area (Å²) in [6, 6.07) is 7.94. The fourth-order valence-corrected chi connectivity index (χ4v) is 3.43. The van der Waals surface area contributed by atoms with Gasteiger partial charge in [-0.1, -0.05) is 23.9 Å². The molecular formula is C15H17N9S. The van der Waals surface area contributed by atoms with E-state index in [1.165, 1.54) is 11.8 Å². The van der Waals surface area contributed by atoms with Crippen molar-refractivity contribution in [2.24, 2.45) is 0 Å². The van der Waals surface area contributed by atoms with Gasteiger partial charge in [0.25, 0.3) is 0 Å². The van der Waals surface area contributed by atoms with Crippen LogP contribution in [0.1, 0.15) is 18.0 Å². The summed E-state index contributed by atoms with van der Waals surface area (Å²) in [4.78, 5) is 19.2. The number of H-pyrrole nitrogens is 1. The standard InChI is InChI=1S/C15H17N9S/c1-8(11-18-12(16)20-13(19-11)23(2)3)25-15-22-21-14-17-9-6-4-5-7-10(9)24(14)15/h4-8H,1-3H3,(H,17,21)(H2,16,18,19,20)/t8-/m0/s1. The molecule has 4 rings (SSSR count). The Morgan fingerprint density at radius 3 is 2.76 bits per heavy atom. The Morgan fingerprint density at radius 2 is 1.96 bits per heavy atom. The van der Waals surface area contributed by atoms with E-state index in [4.69, 9.17) is 5.73 Å². The molecule has 0 unspecified atom stereocenters. The fraction of sp³-hybridized carbons (Fsp3) is 0.267. The second kappa shape index (κ2) is 5.88. The molecule has 3 aromatic heterocycles. The number of hydrogen-bond donors (Lipinski definition) is 2. The van der Waals surface area contributed by atoms with Crippen LogP contribution in [0.15, 0.2) is 29.4 Å². The van der Waals surface area contributed by atoms with E-state index in [0.29, 0.717) is 17.6 Å². The number of benzene rings is 1. The SMILES string of the molecule is C[C@H](Sc1n[nH]c2nc3ccccc3n12)c1nc(N)nc(N(C)C)n1. The Bertz CT molecular complexity index is 1050. The summed E-state index contributed by atoms with van der Waals surface area (Å²) in [6.45, 7) is 2.01. The zero-order valence-corrected chi connectivity index (χ0v) is 14.8. The first-order valence-corrected chi connectivity index (χ1v) is 8.58. The first-order chi connectivity index (χ1) is 12.0. The zero-order valence-electron chi connectivity index (χ0n) is 14.0. The van der Waals surface area contributed by atoms with Crippen molar-refractivity contribution in [2.45, 2.75) is 17.3 Å². The first-order valence-electron chi connectivity index (χ1n) is 7.70. The molecule has 1 aromatic carbocycles. The van der Waals surface area contributed by atoms with Crippen molar-refractivity contribution in [3.05, 3.63) is 30.1 Å². The maximum Gasteiger partial charge on any atom is 0.231 e. The normalized spacial score (nSPS) is 12.8. The summed E-state index contributed by atoms with van der Waals surface area (Å²) in [6.07, 6.45) is 0. The molecule has 0 saturated carbocycles. The number of thioether (sulfide) groups is 1. The van der Waals surface area contributed by atoms with E-state index in [1.54, 1.807) is 4.90 Å². The number of anilines is 2. The number of aromatic nitrogens is 7. The number of hydrogen-bond acceptors (Lipinski definition) is 8. The molecule has 0 aliphatic rings. The van der Waals surface area contributed by atoms with Crippen LogP contribution in [0.4, 0.5) is 11.9 Å². The molecule has 0 spiro atoms. The van der Waals surface area contributed by atoms with Crippen molar-refractivity contribution in [1.29, 1.82) is 0 Å². The second-order valence-corrected chi connectivity index (χ2v) is 7.08. The van der Waals surface area contributed by atoms with Crippen molar-refractivity contribution < 1.29 is 0 Å². The van der Waals surface area contributed by atoms with Crippen molar-refractivity contribution in [2.75, 3.05) is 24.7 Å². The molecule has 0 amide bonds. The van der Waals surface area contributed by atoms with Crippen LogP contribution in [0.3, 0.4) is 0 Å². The minimum absolute atomic E-state index is 0.0586. The highest BCUT2D eigenvalue weighted by molar-refractivity contribution is 7.99. The third kappa shape index (κ3) is 2.74. The highest BCUT2D eigenvalue weighted by atomic mass is 32.2. The van der Waals surface area contributed by atoms with E-state index in [0.717, 1.165) is 16.2 Å². The summed E-state index contributed by atoms with van der Waals surface area (Å²) in [5.41, 5.74) is 7.75. The van der Waals surface area contributed by atoms with Gasteiger partial charge in [-0.05, 0) is 19.1 Å². The third-order valence-electron chi connectivity index (χ3n) is 3.71. The van der Waals surface area contributed by atoms with E-state index < -0.39 is 0 Å². The largest absolute Gasteiger partial charge is 0.368 e. The van der Waals surface area contributed by atoms with Crippen molar-refractivity contribution in [3.63, 3.8) is 0 Å². The number of aromatic amines is 1. The van der Waals surface area contributed by atoms with Gasteiger partial charge in [0.05, 0.1) is 16.3 Å². The maximum atomic E-state index is 5.82. The van der Waals surface area contributed by atoms with Gasteiger partial charge in [0, 0.05) is 14.1 Å². The number of rotatable bonds is 4. The van der Waals surface area contributed by atoms with E-state index in [-0.39, 0.29) is 11.2 Å². The molecule has 1 atom stereocenters. The lowest BCUT2D eigenvalue weighted by molar-refractivity contribution is 0.855. The molecule has 128 valence electrons. The van der Waals surface area contributed by atoms with Crippen LogP contribution in [0.25, 0.3) is 16.8 Å². The van der Waals surface area contributed by atoms with Crippen LogP contribution in [0.5, 0.6) is 0 Å². The summed E-state index contributed by atoms with van der Waals surface area (Å²) >= 11 is 1.54. The number of nitrogens with one attached hydrogen (secondary N) is 1. The Kier molecular flexibility index (Phi) is 3.68. The molecule has 4 aromatic rings. The van der Waals surface area contributed by atoms with Gasteiger partial charge in [0.1, 0.15) is 5.82 Å². The molecule has 3 heterocycles. The predicted molar refractivity (Wildman–Crippen MR) is 97.7 cm³/mol. The van der Waals surface area contributed by atoms with Crippen molar-refractivity contribution in [1.82, 2.24) is 34.5 Å². The van der Waals surface area contributed by atoms with E-state index >= 15 is 0 Å². The molecule has 0 radical (unpaired) electrons. The number of fused-ring (bicyclic) bond motifs is 3. The van der Waals surface area contributed by atoms with Gasteiger partial charge >= 0.3 is 0 Å². The molecule has 10 heteroatoms. The van der Waals surface area contributed by atoms with Crippen LogP contribution in [-0.4, -0.2) is 48.6 Å². The van der Waals surface area contributed by atoms with Crippen molar-refractivity contribution in [3.8, 4) is 0 Å². The van der Waals surface area contributed by atoms with E-state index in [9.17, 15) is 0 Å². The summed E-state index contributed by atoms with van der Waals surface area (Å²) in [5, 5.41) is 8.08. The second-order valence-electron chi connectivity index (χ2n) is 5.77. The Morgan fingerprint density at radius 1 is 1.16 bits per heavy atom. The topological polar surface area (TPSA) is 114 Å².